The minimum atomic E-state index is -0.193. The Morgan fingerprint density at radius 1 is 1.62 bits per heavy atom. The average Bonchev–Trinajstić information content (AvgIpc) is 2.56. The Labute approximate surface area is 77.7 Å². The monoisotopic (exact) mass is 184 g/mol. The van der Waals surface area contributed by atoms with Crippen LogP contribution in [0.1, 0.15) is 31.1 Å². The second kappa shape index (κ2) is 4.94. The fourth-order valence-corrected chi connectivity index (χ4v) is 1.11. The molecule has 5 heteroatoms. The average molecular weight is 184 g/mol. The van der Waals surface area contributed by atoms with Crippen LogP contribution in [0.3, 0.4) is 0 Å². The number of aryl methyl sites for hydroxylation is 1. The van der Waals surface area contributed by atoms with Gasteiger partial charge < -0.3 is 10.5 Å². The highest BCUT2D eigenvalue weighted by molar-refractivity contribution is 4.94. The van der Waals surface area contributed by atoms with Crippen LogP contribution < -0.4 is 5.73 Å². The summed E-state index contributed by atoms with van der Waals surface area (Å²) in [5.41, 5.74) is 5.48. The molecule has 0 bridgehead atoms. The minimum Gasteiger partial charge on any atom is -0.372 e. The molecule has 0 aliphatic carbocycles. The molecular weight excluding hydrogens is 168 g/mol. The highest BCUT2D eigenvalue weighted by Gasteiger charge is 2.13. The molecule has 1 rings (SSSR count). The third-order valence-electron chi connectivity index (χ3n) is 1.82. The normalized spacial score (nSPS) is 13.2. The predicted octanol–water partition coefficient (Wildman–Crippen LogP) is 0.403. The van der Waals surface area contributed by atoms with Crippen molar-refractivity contribution in [2.24, 2.45) is 5.73 Å². The van der Waals surface area contributed by atoms with Crippen molar-refractivity contribution in [1.29, 1.82) is 0 Å². The summed E-state index contributed by atoms with van der Waals surface area (Å²) >= 11 is 0. The molecular formula is C8H16N4O. The molecule has 1 heterocycles. The number of nitrogens with zero attached hydrogens (tertiary/aromatic N) is 2. The van der Waals surface area contributed by atoms with Gasteiger partial charge in [-0.15, -0.1) is 0 Å². The molecule has 0 amide bonds. The Morgan fingerprint density at radius 2 is 2.38 bits per heavy atom. The van der Waals surface area contributed by atoms with Crippen molar-refractivity contribution in [3.63, 3.8) is 0 Å². The van der Waals surface area contributed by atoms with Gasteiger partial charge in [-0.3, -0.25) is 5.10 Å². The molecule has 1 aromatic rings. The molecule has 0 radical (unpaired) electrons. The Balaban J connectivity index is 2.66. The quantitative estimate of drug-likeness (QED) is 0.694. The van der Waals surface area contributed by atoms with E-state index in [9.17, 15) is 0 Å². The first kappa shape index (κ1) is 10.1. The lowest BCUT2D eigenvalue weighted by Crippen LogP contribution is -2.15. The van der Waals surface area contributed by atoms with Crippen molar-refractivity contribution < 1.29 is 4.74 Å². The number of hydrogen-bond donors (Lipinski definition) is 2. The predicted molar refractivity (Wildman–Crippen MR) is 49.2 cm³/mol. The van der Waals surface area contributed by atoms with Gasteiger partial charge in [-0.25, -0.2) is 4.98 Å². The van der Waals surface area contributed by atoms with Gasteiger partial charge in [0, 0.05) is 20.1 Å². The topological polar surface area (TPSA) is 76.8 Å². The molecule has 0 spiro atoms. The minimum absolute atomic E-state index is 0.193. The van der Waals surface area contributed by atoms with Gasteiger partial charge in [0.15, 0.2) is 5.82 Å². The fourth-order valence-electron chi connectivity index (χ4n) is 1.11. The molecule has 0 aromatic carbocycles. The van der Waals surface area contributed by atoms with Crippen molar-refractivity contribution in [3.05, 3.63) is 11.6 Å². The van der Waals surface area contributed by atoms with E-state index in [0.717, 1.165) is 18.7 Å². The van der Waals surface area contributed by atoms with E-state index in [2.05, 4.69) is 22.1 Å². The van der Waals surface area contributed by atoms with Gasteiger partial charge in [0.2, 0.25) is 0 Å². The van der Waals surface area contributed by atoms with E-state index < -0.39 is 0 Å². The maximum absolute atomic E-state index is 5.48. The third-order valence-corrected chi connectivity index (χ3v) is 1.82. The van der Waals surface area contributed by atoms with Gasteiger partial charge in [-0.2, -0.15) is 5.10 Å². The maximum Gasteiger partial charge on any atom is 0.180 e. The molecule has 3 N–H and O–H groups in total. The molecule has 5 nitrogen and oxygen atoms in total. The maximum atomic E-state index is 5.48. The fraction of sp³-hybridized carbons (Fsp3) is 0.750. The Hall–Kier alpha value is -0.940. The van der Waals surface area contributed by atoms with Crippen LogP contribution in [0.15, 0.2) is 0 Å². The summed E-state index contributed by atoms with van der Waals surface area (Å²) in [4.78, 5) is 4.27. The lowest BCUT2D eigenvalue weighted by molar-refractivity contribution is 0.103. The van der Waals surface area contributed by atoms with Crippen molar-refractivity contribution in [3.8, 4) is 0 Å². The van der Waals surface area contributed by atoms with Gasteiger partial charge in [-0.1, -0.05) is 6.92 Å². The van der Waals surface area contributed by atoms with Crippen LogP contribution in [0.5, 0.6) is 0 Å². The number of methoxy groups -OCH3 is 1. The molecule has 1 aromatic heterocycles. The number of aromatic nitrogens is 3. The SMILES string of the molecule is CCCc1nc(C(CN)OC)n[nH]1. The van der Waals surface area contributed by atoms with E-state index >= 15 is 0 Å². The number of nitrogens with two attached hydrogens (primary N) is 1. The zero-order valence-corrected chi connectivity index (χ0v) is 8.08. The molecule has 74 valence electrons. The zero-order chi connectivity index (χ0) is 9.68. The summed E-state index contributed by atoms with van der Waals surface area (Å²) in [5, 5.41) is 6.89. The molecule has 0 saturated heterocycles. The second-order valence-corrected chi connectivity index (χ2v) is 2.85. The van der Waals surface area contributed by atoms with Crippen LogP contribution in [-0.4, -0.2) is 28.8 Å². The summed E-state index contributed by atoms with van der Waals surface area (Å²) in [5.74, 6) is 1.54. The molecule has 0 aliphatic rings. The second-order valence-electron chi connectivity index (χ2n) is 2.85. The first-order valence-electron chi connectivity index (χ1n) is 4.45. The van der Waals surface area contributed by atoms with Crippen LogP contribution in [0.4, 0.5) is 0 Å². The van der Waals surface area contributed by atoms with Gasteiger partial charge in [0.05, 0.1) is 0 Å². The Bertz CT molecular complexity index is 244. The first-order valence-corrected chi connectivity index (χ1v) is 4.45. The largest absolute Gasteiger partial charge is 0.372 e. The van der Waals surface area contributed by atoms with Crippen LogP contribution in [0.25, 0.3) is 0 Å². The van der Waals surface area contributed by atoms with E-state index in [1.165, 1.54) is 0 Å². The number of hydrogen-bond acceptors (Lipinski definition) is 4. The number of nitrogens with one attached hydrogen (secondary N) is 1. The molecule has 0 aliphatic heterocycles. The first-order chi connectivity index (χ1) is 6.31. The summed E-state index contributed by atoms with van der Waals surface area (Å²) < 4.78 is 5.11. The van der Waals surface area contributed by atoms with E-state index in [0.29, 0.717) is 12.4 Å². The molecule has 13 heavy (non-hydrogen) atoms. The molecule has 0 saturated carbocycles. The lowest BCUT2D eigenvalue weighted by Gasteiger charge is -2.06. The number of rotatable bonds is 5. The van der Waals surface area contributed by atoms with E-state index in [1.807, 2.05) is 0 Å². The van der Waals surface area contributed by atoms with E-state index in [-0.39, 0.29) is 6.10 Å². The number of aromatic amines is 1. The van der Waals surface area contributed by atoms with Gasteiger partial charge in [-0.05, 0) is 6.42 Å². The van der Waals surface area contributed by atoms with Crippen LogP contribution in [-0.2, 0) is 11.2 Å². The molecule has 0 fully saturated rings. The molecule has 1 unspecified atom stereocenters. The third kappa shape index (κ3) is 2.50. The van der Waals surface area contributed by atoms with Crippen molar-refractivity contribution in [2.45, 2.75) is 25.9 Å². The van der Waals surface area contributed by atoms with Crippen LogP contribution in [0.2, 0.25) is 0 Å². The number of H-pyrrole nitrogens is 1. The zero-order valence-electron chi connectivity index (χ0n) is 8.08. The van der Waals surface area contributed by atoms with E-state index in [1.54, 1.807) is 7.11 Å². The van der Waals surface area contributed by atoms with Crippen molar-refractivity contribution in [2.75, 3.05) is 13.7 Å². The van der Waals surface area contributed by atoms with E-state index in [4.69, 9.17) is 10.5 Å². The van der Waals surface area contributed by atoms with Crippen molar-refractivity contribution >= 4 is 0 Å². The summed E-state index contributed by atoms with van der Waals surface area (Å²) in [6.07, 6.45) is 1.77. The highest BCUT2D eigenvalue weighted by Crippen LogP contribution is 2.09. The molecule has 1 atom stereocenters. The summed E-state index contributed by atoms with van der Waals surface area (Å²) in [7, 11) is 1.60. The van der Waals surface area contributed by atoms with Gasteiger partial charge in [0.25, 0.3) is 0 Å². The lowest BCUT2D eigenvalue weighted by atomic mass is 10.3. The summed E-state index contributed by atoms with van der Waals surface area (Å²) in [6.45, 7) is 2.50. The Morgan fingerprint density at radius 3 is 2.92 bits per heavy atom. The Kier molecular flexibility index (Phi) is 3.85. The highest BCUT2D eigenvalue weighted by atomic mass is 16.5. The summed E-state index contributed by atoms with van der Waals surface area (Å²) in [6, 6.07) is 0. The van der Waals surface area contributed by atoms with Gasteiger partial charge in [0.1, 0.15) is 11.9 Å². The number of ether oxygens (including phenoxy) is 1. The standard InChI is InChI=1S/C8H16N4O/c1-3-4-7-10-8(12-11-7)6(5-9)13-2/h6H,3-5,9H2,1-2H3,(H,10,11,12). The van der Waals surface area contributed by atoms with Gasteiger partial charge >= 0.3 is 0 Å². The van der Waals surface area contributed by atoms with Crippen LogP contribution in [0, 0.1) is 0 Å². The smallest absolute Gasteiger partial charge is 0.180 e. The van der Waals surface area contributed by atoms with Crippen molar-refractivity contribution in [1.82, 2.24) is 15.2 Å². The van der Waals surface area contributed by atoms with Crippen LogP contribution >= 0.6 is 0 Å².